The maximum atomic E-state index is 12.7. The lowest BCUT2D eigenvalue weighted by atomic mass is 9.53. The molecule has 1 amide bonds. The molecule has 4 bridgehead atoms. The van der Waals surface area contributed by atoms with Crippen molar-refractivity contribution in [2.45, 2.75) is 44.1 Å². The normalized spacial score (nSPS) is 36.5. The van der Waals surface area contributed by atoms with Crippen molar-refractivity contribution in [2.24, 2.45) is 17.8 Å². The molecule has 4 saturated carbocycles. The van der Waals surface area contributed by atoms with Gasteiger partial charge in [0.05, 0.1) is 17.4 Å². The van der Waals surface area contributed by atoms with Gasteiger partial charge in [-0.3, -0.25) is 9.78 Å². The molecule has 0 unspecified atom stereocenters. The second-order valence-electron chi connectivity index (χ2n) is 7.32. The second kappa shape index (κ2) is 4.72. The van der Waals surface area contributed by atoms with Crippen LogP contribution in [0.25, 0.3) is 0 Å². The third kappa shape index (κ3) is 2.21. The molecule has 112 valence electrons. The number of hydrogen-bond acceptors (Lipinski definition) is 3. The molecule has 0 radical (unpaired) electrons. The Balaban J connectivity index is 1.57. The Morgan fingerprint density at radius 3 is 2.38 bits per heavy atom. The summed E-state index contributed by atoms with van der Waals surface area (Å²) >= 11 is 0. The van der Waals surface area contributed by atoms with Gasteiger partial charge in [0.25, 0.3) is 5.91 Å². The lowest BCUT2D eigenvalue weighted by molar-refractivity contribution is -0.0166. The number of nitrogens with one attached hydrogen (secondary N) is 2. The van der Waals surface area contributed by atoms with Crippen LogP contribution in [0.4, 0.5) is 5.69 Å². The smallest absolute Gasteiger partial charge is 0.253 e. The minimum atomic E-state index is 0.0590. The molecule has 0 saturated heterocycles. The fourth-order valence-corrected chi connectivity index (χ4v) is 5.36. The summed E-state index contributed by atoms with van der Waals surface area (Å²) in [7, 11) is 1.83. The van der Waals surface area contributed by atoms with E-state index < -0.39 is 0 Å². The van der Waals surface area contributed by atoms with E-state index in [1.807, 2.05) is 13.1 Å². The predicted octanol–water partition coefficient (Wildman–Crippen LogP) is 2.82. The van der Waals surface area contributed by atoms with E-state index in [4.69, 9.17) is 0 Å². The van der Waals surface area contributed by atoms with Gasteiger partial charge in [0.2, 0.25) is 0 Å². The van der Waals surface area contributed by atoms with E-state index in [1.165, 1.54) is 38.5 Å². The molecule has 4 aliphatic carbocycles. The first kappa shape index (κ1) is 13.1. The summed E-state index contributed by atoms with van der Waals surface area (Å²) in [6.45, 7) is 0. The van der Waals surface area contributed by atoms with Gasteiger partial charge >= 0.3 is 0 Å². The Morgan fingerprint density at radius 1 is 1.19 bits per heavy atom. The molecule has 4 fully saturated rings. The zero-order valence-corrected chi connectivity index (χ0v) is 12.6. The van der Waals surface area contributed by atoms with Crippen LogP contribution in [-0.4, -0.2) is 23.5 Å². The number of rotatable bonds is 3. The van der Waals surface area contributed by atoms with Gasteiger partial charge in [-0.1, -0.05) is 0 Å². The van der Waals surface area contributed by atoms with Crippen molar-refractivity contribution in [3.05, 3.63) is 24.0 Å². The predicted molar refractivity (Wildman–Crippen MR) is 82.2 cm³/mol. The highest BCUT2D eigenvalue weighted by molar-refractivity contribution is 5.99. The van der Waals surface area contributed by atoms with E-state index in [0.29, 0.717) is 5.56 Å². The highest BCUT2D eigenvalue weighted by atomic mass is 16.1. The van der Waals surface area contributed by atoms with E-state index in [2.05, 4.69) is 15.6 Å². The van der Waals surface area contributed by atoms with Gasteiger partial charge in [0.15, 0.2) is 0 Å². The Kier molecular flexibility index (Phi) is 2.95. The van der Waals surface area contributed by atoms with Crippen molar-refractivity contribution >= 4 is 11.6 Å². The average Bonchev–Trinajstić information content (AvgIpc) is 2.45. The topological polar surface area (TPSA) is 54.0 Å². The number of pyridine rings is 1. The molecule has 21 heavy (non-hydrogen) atoms. The number of hydrogen-bond donors (Lipinski definition) is 2. The molecule has 0 spiro atoms. The summed E-state index contributed by atoms with van der Waals surface area (Å²) < 4.78 is 0. The van der Waals surface area contributed by atoms with Gasteiger partial charge in [-0.15, -0.1) is 0 Å². The summed E-state index contributed by atoms with van der Waals surface area (Å²) in [5.74, 6) is 2.59. The Labute approximate surface area is 125 Å². The molecule has 1 aromatic rings. The largest absolute Gasteiger partial charge is 0.386 e. The summed E-state index contributed by atoms with van der Waals surface area (Å²) in [5, 5.41) is 6.47. The van der Waals surface area contributed by atoms with Gasteiger partial charge in [-0.05, 0) is 62.3 Å². The van der Waals surface area contributed by atoms with Crippen molar-refractivity contribution in [3.8, 4) is 0 Å². The van der Waals surface area contributed by atoms with Gasteiger partial charge < -0.3 is 10.6 Å². The van der Waals surface area contributed by atoms with E-state index in [0.717, 1.165) is 23.4 Å². The Morgan fingerprint density at radius 2 is 1.81 bits per heavy atom. The van der Waals surface area contributed by atoms with Gasteiger partial charge in [0.1, 0.15) is 0 Å². The van der Waals surface area contributed by atoms with Crippen LogP contribution in [-0.2, 0) is 0 Å². The van der Waals surface area contributed by atoms with Crippen LogP contribution in [0, 0.1) is 17.8 Å². The minimum Gasteiger partial charge on any atom is -0.386 e. The first-order valence-electron chi connectivity index (χ1n) is 8.12. The minimum absolute atomic E-state index is 0.0590. The fraction of sp³-hybridized carbons (Fsp3) is 0.647. The number of carbonyl (C=O) groups excluding carboxylic acids is 1. The van der Waals surface area contributed by atoms with Crippen LogP contribution in [0.2, 0.25) is 0 Å². The number of anilines is 1. The van der Waals surface area contributed by atoms with E-state index >= 15 is 0 Å². The van der Waals surface area contributed by atoms with E-state index in [1.54, 1.807) is 12.4 Å². The molecule has 1 aromatic heterocycles. The van der Waals surface area contributed by atoms with Crippen molar-refractivity contribution in [2.75, 3.05) is 12.4 Å². The molecule has 4 nitrogen and oxygen atoms in total. The Hall–Kier alpha value is -1.58. The first-order valence-corrected chi connectivity index (χ1v) is 8.12. The quantitative estimate of drug-likeness (QED) is 0.898. The number of carbonyl (C=O) groups is 1. The lowest BCUT2D eigenvalue weighted by Crippen LogP contribution is -2.59. The van der Waals surface area contributed by atoms with E-state index in [-0.39, 0.29) is 11.4 Å². The summed E-state index contributed by atoms with van der Waals surface area (Å²) in [6.07, 6.45) is 11.1. The second-order valence-corrected chi connectivity index (χ2v) is 7.32. The molecule has 1 heterocycles. The van der Waals surface area contributed by atoms with Crippen molar-refractivity contribution < 1.29 is 4.79 Å². The summed E-state index contributed by atoms with van der Waals surface area (Å²) in [5.41, 5.74) is 1.59. The molecule has 4 aliphatic rings. The molecular weight excluding hydrogens is 262 g/mol. The maximum absolute atomic E-state index is 12.7. The van der Waals surface area contributed by atoms with Crippen LogP contribution in [0.3, 0.4) is 0 Å². The molecule has 4 heteroatoms. The molecule has 5 rings (SSSR count). The zero-order chi connectivity index (χ0) is 14.4. The van der Waals surface area contributed by atoms with Crippen LogP contribution in [0.1, 0.15) is 48.9 Å². The molecule has 0 aliphatic heterocycles. The summed E-state index contributed by atoms with van der Waals surface area (Å²) in [6, 6.07) is 1.81. The van der Waals surface area contributed by atoms with Gasteiger partial charge in [-0.25, -0.2) is 0 Å². The standard InChI is InChI=1S/C17H23N3O/c1-18-15-10-19-3-2-14(15)16(21)20-17-7-11-4-12(8-17)6-13(5-11)9-17/h2-3,10-13,18H,4-9H2,1H3,(H,20,21). The number of nitrogens with zero attached hydrogens (tertiary/aromatic N) is 1. The summed E-state index contributed by atoms with van der Waals surface area (Å²) in [4.78, 5) is 16.8. The molecule has 2 N–H and O–H groups in total. The maximum Gasteiger partial charge on any atom is 0.253 e. The fourth-order valence-electron chi connectivity index (χ4n) is 5.36. The third-order valence-corrected chi connectivity index (χ3v) is 5.75. The van der Waals surface area contributed by atoms with E-state index in [9.17, 15) is 4.79 Å². The lowest BCUT2D eigenvalue weighted by Gasteiger charge is -2.56. The highest BCUT2D eigenvalue weighted by Crippen LogP contribution is 2.55. The molecule has 0 atom stereocenters. The third-order valence-electron chi connectivity index (χ3n) is 5.75. The van der Waals surface area contributed by atoms with Gasteiger partial charge in [-0.2, -0.15) is 0 Å². The van der Waals surface area contributed by atoms with Crippen LogP contribution < -0.4 is 10.6 Å². The highest BCUT2D eigenvalue weighted by Gasteiger charge is 2.51. The number of aromatic nitrogens is 1. The van der Waals surface area contributed by atoms with Crippen LogP contribution in [0.5, 0.6) is 0 Å². The average molecular weight is 285 g/mol. The van der Waals surface area contributed by atoms with Crippen molar-refractivity contribution in [3.63, 3.8) is 0 Å². The number of amides is 1. The molecule has 0 aromatic carbocycles. The van der Waals surface area contributed by atoms with Crippen molar-refractivity contribution in [1.29, 1.82) is 0 Å². The molecular formula is C17H23N3O. The van der Waals surface area contributed by atoms with Crippen LogP contribution in [0.15, 0.2) is 18.5 Å². The van der Waals surface area contributed by atoms with Crippen molar-refractivity contribution in [1.82, 2.24) is 10.3 Å². The zero-order valence-electron chi connectivity index (χ0n) is 12.6. The van der Waals surface area contributed by atoms with Crippen LogP contribution >= 0.6 is 0 Å². The SMILES string of the molecule is CNc1cnccc1C(=O)NC12CC3CC(CC(C3)C1)C2. The van der Waals surface area contributed by atoms with Gasteiger partial charge in [0, 0.05) is 18.8 Å². The first-order chi connectivity index (χ1) is 10.2. The monoisotopic (exact) mass is 285 g/mol. The Bertz CT molecular complexity index is 534.